The molecule has 0 spiro atoms. The van der Waals surface area contributed by atoms with E-state index >= 15 is 0 Å². The summed E-state index contributed by atoms with van der Waals surface area (Å²) in [6.45, 7) is 2.48. The second kappa shape index (κ2) is 11.8. The highest BCUT2D eigenvalue weighted by atomic mass is 32.2. The molecule has 0 radical (unpaired) electrons. The van der Waals surface area contributed by atoms with Gasteiger partial charge in [0.25, 0.3) is 11.8 Å². The van der Waals surface area contributed by atoms with E-state index in [-0.39, 0.29) is 48.2 Å². The van der Waals surface area contributed by atoms with Gasteiger partial charge in [-0.2, -0.15) is 13.2 Å². The van der Waals surface area contributed by atoms with Gasteiger partial charge in [0.15, 0.2) is 0 Å². The first-order valence-corrected chi connectivity index (χ1v) is 14.6. The lowest BCUT2D eigenvalue weighted by molar-refractivity contribution is -0.138. The Bertz CT molecular complexity index is 1430. The minimum atomic E-state index is -4.62. The van der Waals surface area contributed by atoms with Crippen LogP contribution in [0, 0.1) is 6.92 Å². The number of benzene rings is 2. The Morgan fingerprint density at radius 2 is 1.72 bits per heavy atom. The molecule has 0 saturated carbocycles. The molecule has 1 aliphatic heterocycles. The molecule has 2 N–H and O–H groups in total. The van der Waals surface area contributed by atoms with Crippen molar-refractivity contribution in [2.75, 3.05) is 26.2 Å². The van der Waals surface area contributed by atoms with Crippen molar-refractivity contribution in [2.24, 2.45) is 0 Å². The van der Waals surface area contributed by atoms with Crippen LogP contribution >= 0.6 is 11.3 Å². The minimum absolute atomic E-state index is 0.00288. The molecule has 8 nitrogen and oxygen atoms in total. The molecule has 1 saturated heterocycles. The average Bonchev–Trinajstić information content (AvgIpc) is 3.41. The SMILES string of the molecule is Cc1ccc(S(=O)(=O)NCCNC(=O)c2csc(C3CCN(C(=O)c4ccccc4C(F)(F)F)CC3)n2)cc1. The predicted molar refractivity (Wildman–Crippen MR) is 140 cm³/mol. The zero-order valence-corrected chi connectivity index (χ0v) is 22.6. The Morgan fingerprint density at radius 1 is 1.05 bits per heavy atom. The second-order valence-electron chi connectivity index (χ2n) is 9.15. The maximum absolute atomic E-state index is 13.3. The van der Waals surface area contributed by atoms with E-state index in [1.54, 1.807) is 17.5 Å². The summed E-state index contributed by atoms with van der Waals surface area (Å²) < 4.78 is 67.1. The summed E-state index contributed by atoms with van der Waals surface area (Å²) in [6.07, 6.45) is -3.60. The highest BCUT2D eigenvalue weighted by Gasteiger charge is 2.36. The Balaban J connectivity index is 1.26. The number of thiazole rings is 1. The van der Waals surface area contributed by atoms with Crippen LogP contribution in [0.1, 0.15) is 55.7 Å². The van der Waals surface area contributed by atoms with Gasteiger partial charge in [-0.15, -0.1) is 11.3 Å². The number of hydrogen-bond acceptors (Lipinski definition) is 6. The molecule has 1 fully saturated rings. The molecular weight excluding hydrogens is 553 g/mol. The number of aromatic nitrogens is 1. The first-order valence-electron chi connectivity index (χ1n) is 12.2. The number of carbonyl (C=O) groups is 2. The van der Waals surface area contributed by atoms with Gasteiger partial charge in [-0.3, -0.25) is 9.59 Å². The van der Waals surface area contributed by atoms with Gasteiger partial charge in [0.05, 0.1) is 21.0 Å². The summed E-state index contributed by atoms with van der Waals surface area (Å²) in [5.74, 6) is -1.12. The standard InChI is InChI=1S/C26H27F3N4O4S2/c1-17-6-8-19(9-7-17)39(36,37)31-13-12-30-23(34)22-16-38-24(32-22)18-10-14-33(15-11-18)25(35)20-4-2-3-5-21(20)26(27,28)29/h2-9,16,18,31H,10-15H2,1H3,(H,30,34). The smallest absolute Gasteiger partial charge is 0.349 e. The first kappa shape index (κ1) is 28.7. The van der Waals surface area contributed by atoms with E-state index in [4.69, 9.17) is 0 Å². The molecule has 2 heterocycles. The molecule has 2 amide bonds. The van der Waals surface area contributed by atoms with Crippen molar-refractivity contribution in [1.82, 2.24) is 19.9 Å². The molecule has 3 aromatic rings. The number of piperidine rings is 1. The summed E-state index contributed by atoms with van der Waals surface area (Å²) in [7, 11) is -3.69. The zero-order chi connectivity index (χ0) is 28.2. The number of nitrogens with one attached hydrogen (secondary N) is 2. The molecule has 0 atom stereocenters. The van der Waals surface area contributed by atoms with Crippen molar-refractivity contribution in [2.45, 2.75) is 36.8 Å². The van der Waals surface area contributed by atoms with Crippen LogP contribution in [0.4, 0.5) is 13.2 Å². The lowest BCUT2D eigenvalue weighted by atomic mass is 9.96. The Morgan fingerprint density at radius 3 is 2.38 bits per heavy atom. The van der Waals surface area contributed by atoms with Crippen LogP contribution in [0.5, 0.6) is 0 Å². The zero-order valence-electron chi connectivity index (χ0n) is 21.0. The van der Waals surface area contributed by atoms with Crippen LogP contribution in [0.15, 0.2) is 58.8 Å². The number of nitrogens with zero attached hydrogens (tertiary/aromatic N) is 2. The van der Waals surface area contributed by atoms with Gasteiger partial charge in [-0.25, -0.2) is 18.1 Å². The van der Waals surface area contributed by atoms with Crippen LogP contribution in [0.2, 0.25) is 0 Å². The third kappa shape index (κ3) is 7.02. The largest absolute Gasteiger partial charge is 0.417 e. The third-order valence-corrected chi connectivity index (χ3v) is 8.87. The molecule has 13 heteroatoms. The Kier molecular flexibility index (Phi) is 8.72. The molecule has 0 unspecified atom stereocenters. The van der Waals surface area contributed by atoms with Gasteiger partial charge in [0, 0.05) is 37.5 Å². The number of carbonyl (C=O) groups excluding carboxylic acids is 2. The van der Waals surface area contributed by atoms with Crippen molar-refractivity contribution in [3.05, 3.63) is 81.3 Å². The fourth-order valence-electron chi connectivity index (χ4n) is 4.25. The monoisotopic (exact) mass is 580 g/mol. The van der Waals surface area contributed by atoms with E-state index in [9.17, 15) is 31.2 Å². The minimum Gasteiger partial charge on any atom is -0.349 e. The predicted octanol–water partition coefficient (Wildman–Crippen LogP) is 4.20. The van der Waals surface area contributed by atoms with E-state index in [0.717, 1.165) is 11.6 Å². The van der Waals surface area contributed by atoms with Gasteiger partial charge in [-0.1, -0.05) is 29.8 Å². The first-order chi connectivity index (χ1) is 18.5. The molecular formula is C26H27F3N4O4S2. The number of halogens is 3. The third-order valence-electron chi connectivity index (χ3n) is 6.38. The molecule has 1 aliphatic rings. The van der Waals surface area contributed by atoms with E-state index < -0.39 is 33.6 Å². The summed E-state index contributed by atoms with van der Waals surface area (Å²) in [5.41, 5.74) is -0.169. The van der Waals surface area contributed by atoms with Crippen LogP contribution in [0.25, 0.3) is 0 Å². The number of alkyl halides is 3. The molecule has 0 bridgehead atoms. The van der Waals surface area contributed by atoms with Gasteiger partial charge >= 0.3 is 6.18 Å². The number of hydrogen-bond donors (Lipinski definition) is 2. The molecule has 208 valence electrons. The number of rotatable bonds is 8. The van der Waals surface area contributed by atoms with Crippen LogP contribution in [0.3, 0.4) is 0 Å². The normalized spacial score (nSPS) is 14.8. The average molecular weight is 581 g/mol. The molecule has 1 aromatic heterocycles. The molecule has 2 aromatic carbocycles. The van der Waals surface area contributed by atoms with Crippen molar-refractivity contribution >= 4 is 33.2 Å². The number of sulfonamides is 1. The summed E-state index contributed by atoms with van der Waals surface area (Å²) >= 11 is 1.30. The van der Waals surface area contributed by atoms with Crippen molar-refractivity contribution in [3.63, 3.8) is 0 Å². The number of aryl methyl sites for hydroxylation is 1. The van der Waals surface area contributed by atoms with Gasteiger partial charge in [-0.05, 0) is 44.0 Å². The van der Waals surface area contributed by atoms with E-state index in [2.05, 4.69) is 15.0 Å². The van der Waals surface area contributed by atoms with Crippen molar-refractivity contribution in [3.8, 4) is 0 Å². The van der Waals surface area contributed by atoms with Crippen molar-refractivity contribution < 1.29 is 31.2 Å². The van der Waals surface area contributed by atoms with Gasteiger partial charge in [0.1, 0.15) is 5.69 Å². The Hall–Kier alpha value is -3.29. The van der Waals surface area contributed by atoms with Crippen LogP contribution < -0.4 is 10.0 Å². The van der Waals surface area contributed by atoms with E-state index in [0.29, 0.717) is 17.8 Å². The van der Waals surface area contributed by atoms with Crippen molar-refractivity contribution in [1.29, 1.82) is 0 Å². The fraction of sp³-hybridized carbons (Fsp3) is 0.346. The van der Waals surface area contributed by atoms with E-state index in [1.165, 1.54) is 46.6 Å². The summed E-state index contributed by atoms with van der Waals surface area (Å²) in [5, 5.41) is 4.96. The number of likely N-dealkylation sites (tertiary alicyclic amines) is 1. The van der Waals surface area contributed by atoms with Crippen LogP contribution in [-0.2, 0) is 16.2 Å². The highest BCUT2D eigenvalue weighted by molar-refractivity contribution is 7.89. The molecule has 0 aliphatic carbocycles. The number of amides is 2. The van der Waals surface area contributed by atoms with Gasteiger partial charge in [0.2, 0.25) is 10.0 Å². The maximum Gasteiger partial charge on any atom is 0.417 e. The lowest BCUT2D eigenvalue weighted by Gasteiger charge is -2.31. The maximum atomic E-state index is 13.3. The summed E-state index contributed by atoms with van der Waals surface area (Å²) in [6, 6.07) is 11.2. The topological polar surface area (TPSA) is 108 Å². The fourth-order valence-corrected chi connectivity index (χ4v) is 6.25. The lowest BCUT2D eigenvalue weighted by Crippen LogP contribution is -2.38. The molecule has 39 heavy (non-hydrogen) atoms. The summed E-state index contributed by atoms with van der Waals surface area (Å²) in [4.78, 5) is 31.3. The van der Waals surface area contributed by atoms with E-state index in [1.807, 2.05) is 6.92 Å². The van der Waals surface area contributed by atoms with Crippen LogP contribution in [-0.4, -0.2) is 56.3 Å². The van der Waals surface area contributed by atoms with Gasteiger partial charge < -0.3 is 10.2 Å². The Labute approximate surface area is 228 Å². The highest BCUT2D eigenvalue weighted by Crippen LogP contribution is 2.34. The second-order valence-corrected chi connectivity index (χ2v) is 11.8. The molecule has 4 rings (SSSR count). The quantitative estimate of drug-likeness (QED) is 0.389.